The third kappa shape index (κ3) is 4.34. The van der Waals surface area contributed by atoms with Crippen LogP contribution >= 0.6 is 0 Å². The van der Waals surface area contributed by atoms with Crippen molar-refractivity contribution in [1.82, 2.24) is 24.6 Å². The summed E-state index contributed by atoms with van der Waals surface area (Å²) in [5.41, 5.74) is 1.82. The minimum atomic E-state index is -5.08. The molecule has 0 aliphatic heterocycles. The van der Waals surface area contributed by atoms with E-state index in [-0.39, 0.29) is 22.6 Å². The molecule has 1 unspecified atom stereocenters. The summed E-state index contributed by atoms with van der Waals surface area (Å²) in [6.45, 7) is 2.78. The molecular formula is C24H24F3N5O3. The number of methoxy groups -OCH3 is 2. The zero-order valence-electron chi connectivity index (χ0n) is 19.3. The monoisotopic (exact) mass is 487 g/mol. The first-order valence-corrected chi connectivity index (χ1v) is 10.8. The van der Waals surface area contributed by atoms with Crippen LogP contribution < -0.4 is 10.1 Å². The Hall–Kier alpha value is -3.86. The highest BCUT2D eigenvalue weighted by Gasteiger charge is 2.61. The van der Waals surface area contributed by atoms with E-state index in [1.54, 1.807) is 41.2 Å². The number of benzene rings is 2. The SMILES string of the molecule is CCCn1cc(-c2ccc3c(c2)nc(OC)n3C(NC(=O)c2ccccc2)(OC)C(F)(F)F)cn1. The van der Waals surface area contributed by atoms with E-state index >= 15 is 0 Å². The lowest BCUT2D eigenvalue weighted by atomic mass is 10.1. The smallest absolute Gasteiger partial charge is 0.459 e. The van der Waals surface area contributed by atoms with E-state index in [9.17, 15) is 18.0 Å². The maximum Gasteiger partial charge on any atom is 0.459 e. The molecule has 35 heavy (non-hydrogen) atoms. The maximum absolute atomic E-state index is 14.6. The van der Waals surface area contributed by atoms with Gasteiger partial charge in [0, 0.05) is 31.0 Å². The molecule has 0 saturated carbocycles. The van der Waals surface area contributed by atoms with Gasteiger partial charge in [-0.2, -0.15) is 23.3 Å². The van der Waals surface area contributed by atoms with Gasteiger partial charge in [-0.05, 0) is 36.2 Å². The van der Waals surface area contributed by atoms with Gasteiger partial charge in [-0.3, -0.25) is 14.8 Å². The lowest BCUT2D eigenvalue weighted by molar-refractivity contribution is -0.317. The van der Waals surface area contributed by atoms with Crippen LogP contribution in [0.5, 0.6) is 6.01 Å². The molecule has 0 radical (unpaired) electrons. The second-order valence-electron chi connectivity index (χ2n) is 7.80. The molecule has 0 fully saturated rings. The minimum absolute atomic E-state index is 0.0351. The molecule has 8 nitrogen and oxygen atoms in total. The number of carbonyl (C=O) groups excluding carboxylic acids is 1. The van der Waals surface area contributed by atoms with E-state index in [1.807, 2.05) is 18.4 Å². The Kier molecular flexibility index (Phi) is 6.53. The first-order chi connectivity index (χ1) is 16.7. The van der Waals surface area contributed by atoms with Gasteiger partial charge in [0.25, 0.3) is 5.91 Å². The van der Waals surface area contributed by atoms with Crippen molar-refractivity contribution in [2.45, 2.75) is 31.9 Å². The number of ether oxygens (including phenoxy) is 2. The Morgan fingerprint density at radius 2 is 1.83 bits per heavy atom. The molecule has 2 heterocycles. The highest BCUT2D eigenvalue weighted by Crippen LogP contribution is 2.41. The van der Waals surface area contributed by atoms with Crippen LogP contribution in [0.1, 0.15) is 23.7 Å². The summed E-state index contributed by atoms with van der Waals surface area (Å²) in [5.74, 6) is -4.26. The van der Waals surface area contributed by atoms with Gasteiger partial charge in [0.05, 0.1) is 24.3 Å². The molecule has 0 spiro atoms. The van der Waals surface area contributed by atoms with Crippen molar-refractivity contribution in [3.8, 4) is 17.1 Å². The third-order valence-corrected chi connectivity index (χ3v) is 5.54. The van der Waals surface area contributed by atoms with Gasteiger partial charge in [0.2, 0.25) is 0 Å². The summed E-state index contributed by atoms with van der Waals surface area (Å²) in [7, 11) is 2.06. The van der Waals surface area contributed by atoms with E-state index in [4.69, 9.17) is 9.47 Å². The Morgan fingerprint density at radius 1 is 1.09 bits per heavy atom. The first kappa shape index (κ1) is 24.3. The predicted octanol–water partition coefficient (Wildman–Crippen LogP) is 4.57. The number of rotatable bonds is 8. The number of amides is 1. The summed E-state index contributed by atoms with van der Waals surface area (Å²) in [6.07, 6.45) is -0.630. The van der Waals surface area contributed by atoms with Gasteiger partial charge in [-0.1, -0.05) is 31.2 Å². The van der Waals surface area contributed by atoms with Crippen LogP contribution in [-0.4, -0.2) is 45.6 Å². The molecule has 4 rings (SSSR count). The van der Waals surface area contributed by atoms with Crippen molar-refractivity contribution in [3.05, 3.63) is 66.5 Å². The normalized spacial score (nSPS) is 13.5. The molecule has 2 aromatic carbocycles. The Morgan fingerprint density at radius 3 is 2.46 bits per heavy atom. The summed E-state index contributed by atoms with van der Waals surface area (Å²) in [6, 6.07) is 11.9. The van der Waals surface area contributed by atoms with Gasteiger partial charge in [-0.15, -0.1) is 0 Å². The highest BCUT2D eigenvalue weighted by atomic mass is 19.4. The summed E-state index contributed by atoms with van der Waals surface area (Å²) < 4.78 is 56.6. The summed E-state index contributed by atoms with van der Waals surface area (Å²) in [4.78, 5) is 17.1. The molecule has 1 amide bonds. The minimum Gasteiger partial charge on any atom is -0.468 e. The Balaban J connectivity index is 1.85. The number of fused-ring (bicyclic) bond motifs is 1. The zero-order chi connectivity index (χ0) is 25.2. The Labute approximate surface area is 199 Å². The summed E-state index contributed by atoms with van der Waals surface area (Å²) >= 11 is 0. The molecule has 2 aromatic heterocycles. The standard InChI is InChI=1S/C24H24F3N5O3/c1-4-12-31-15-18(14-28-31)17-10-11-20-19(13-17)29-22(34-2)32(20)24(35-3,23(25,26)27)30-21(33)16-8-6-5-7-9-16/h5-11,13-15H,4,12H2,1-3H3,(H,30,33). The van der Waals surface area contributed by atoms with Crippen LogP contribution in [0.4, 0.5) is 13.2 Å². The largest absolute Gasteiger partial charge is 0.468 e. The highest BCUT2D eigenvalue weighted by molar-refractivity contribution is 5.94. The molecule has 0 aliphatic carbocycles. The van der Waals surface area contributed by atoms with Crippen LogP contribution in [-0.2, 0) is 17.1 Å². The van der Waals surface area contributed by atoms with Crippen LogP contribution in [0.2, 0.25) is 0 Å². The van der Waals surface area contributed by atoms with Crippen molar-refractivity contribution >= 4 is 16.9 Å². The number of aromatic nitrogens is 4. The molecule has 0 saturated heterocycles. The van der Waals surface area contributed by atoms with E-state index in [0.29, 0.717) is 4.57 Å². The van der Waals surface area contributed by atoms with Gasteiger partial charge in [0.15, 0.2) is 0 Å². The Bertz CT molecular complexity index is 1330. The molecule has 0 bridgehead atoms. The average molecular weight is 487 g/mol. The van der Waals surface area contributed by atoms with E-state index < -0.39 is 17.9 Å². The third-order valence-electron chi connectivity index (χ3n) is 5.54. The molecule has 0 aliphatic rings. The predicted molar refractivity (Wildman–Crippen MR) is 123 cm³/mol. The lowest BCUT2D eigenvalue weighted by Crippen LogP contribution is -2.61. The van der Waals surface area contributed by atoms with Crippen molar-refractivity contribution in [2.75, 3.05) is 14.2 Å². The molecule has 1 atom stereocenters. The van der Waals surface area contributed by atoms with Crippen molar-refractivity contribution in [2.24, 2.45) is 0 Å². The van der Waals surface area contributed by atoms with Crippen LogP contribution in [0, 0.1) is 0 Å². The lowest BCUT2D eigenvalue weighted by Gasteiger charge is -2.36. The number of halogens is 3. The average Bonchev–Trinajstić information content (AvgIpc) is 3.46. The molecule has 11 heteroatoms. The second kappa shape index (κ2) is 9.41. The van der Waals surface area contributed by atoms with Gasteiger partial charge >= 0.3 is 18.0 Å². The van der Waals surface area contributed by atoms with E-state index in [2.05, 4.69) is 10.1 Å². The topological polar surface area (TPSA) is 83.2 Å². The number of alkyl halides is 3. The number of imidazole rings is 1. The number of hydrogen-bond acceptors (Lipinski definition) is 5. The number of hydrogen-bond donors (Lipinski definition) is 1. The van der Waals surface area contributed by atoms with Crippen molar-refractivity contribution in [1.29, 1.82) is 0 Å². The van der Waals surface area contributed by atoms with Gasteiger partial charge in [0.1, 0.15) is 0 Å². The maximum atomic E-state index is 14.6. The summed E-state index contributed by atoms with van der Waals surface area (Å²) in [5, 5.41) is 6.31. The fourth-order valence-electron chi connectivity index (χ4n) is 3.87. The van der Waals surface area contributed by atoms with Crippen LogP contribution in [0.15, 0.2) is 60.9 Å². The molecular weight excluding hydrogens is 463 g/mol. The van der Waals surface area contributed by atoms with E-state index in [0.717, 1.165) is 31.2 Å². The van der Waals surface area contributed by atoms with Gasteiger partial charge < -0.3 is 9.47 Å². The van der Waals surface area contributed by atoms with Crippen LogP contribution in [0.25, 0.3) is 22.2 Å². The number of nitrogens with zero attached hydrogens (tertiary/aromatic N) is 4. The quantitative estimate of drug-likeness (QED) is 0.368. The fraction of sp³-hybridized carbons (Fsp3) is 0.292. The fourth-order valence-corrected chi connectivity index (χ4v) is 3.87. The number of aryl methyl sites for hydroxylation is 1. The number of carbonyl (C=O) groups is 1. The zero-order valence-corrected chi connectivity index (χ0v) is 19.3. The molecule has 4 aromatic rings. The van der Waals surface area contributed by atoms with Crippen molar-refractivity contribution in [3.63, 3.8) is 0 Å². The molecule has 184 valence electrons. The first-order valence-electron chi connectivity index (χ1n) is 10.8. The van der Waals surface area contributed by atoms with Gasteiger partial charge in [-0.25, -0.2) is 4.57 Å². The molecule has 1 N–H and O–H groups in total. The van der Waals surface area contributed by atoms with Crippen molar-refractivity contribution < 1.29 is 27.4 Å². The van der Waals surface area contributed by atoms with Crippen LogP contribution in [0.3, 0.4) is 0 Å². The number of nitrogens with one attached hydrogen (secondary N) is 1. The second-order valence-corrected chi connectivity index (χ2v) is 7.80. The van der Waals surface area contributed by atoms with E-state index in [1.165, 1.54) is 25.3 Å².